The van der Waals surface area contributed by atoms with E-state index in [-0.39, 0.29) is 5.84 Å². The quantitative estimate of drug-likeness (QED) is 0.186. The summed E-state index contributed by atoms with van der Waals surface area (Å²) in [5.74, 6) is 0.791. The monoisotopic (exact) mass is 455 g/mol. The molecule has 0 aromatic heterocycles. The summed E-state index contributed by atoms with van der Waals surface area (Å²) in [5, 5.41) is 11.9. The number of ether oxygens (including phenoxy) is 2. The van der Waals surface area contributed by atoms with Gasteiger partial charge in [-0.1, -0.05) is 23.2 Å². The van der Waals surface area contributed by atoms with Crippen LogP contribution >= 0.6 is 23.2 Å². The molecule has 0 saturated carbocycles. The highest BCUT2D eigenvalue weighted by atomic mass is 35.5. The minimum atomic E-state index is -0.127. The van der Waals surface area contributed by atoms with Crippen molar-refractivity contribution in [3.63, 3.8) is 0 Å². The molecule has 1 heterocycles. The molecule has 7 nitrogen and oxygen atoms in total. The summed E-state index contributed by atoms with van der Waals surface area (Å²) in [5.41, 5.74) is 13.2. The second-order valence-electron chi connectivity index (χ2n) is 7.04. The highest BCUT2D eigenvalue weighted by molar-refractivity contribution is 6.39. The zero-order valence-corrected chi connectivity index (χ0v) is 19.1. The summed E-state index contributed by atoms with van der Waals surface area (Å²) in [4.78, 5) is 2.45. The molecule has 6 N–H and O–H groups in total. The van der Waals surface area contributed by atoms with Gasteiger partial charge in [-0.15, -0.1) is 0 Å². The molecular formula is C21H31Cl2N5O2. The van der Waals surface area contributed by atoms with E-state index in [1.807, 2.05) is 0 Å². The van der Waals surface area contributed by atoms with Crippen LogP contribution in [0, 0.1) is 5.41 Å². The fourth-order valence-corrected chi connectivity index (χ4v) is 4.17. The first kappa shape index (κ1) is 24.3. The topological polar surface area (TPSA) is 110 Å². The predicted octanol–water partition coefficient (Wildman–Crippen LogP) is 3.25. The van der Waals surface area contributed by atoms with Crippen molar-refractivity contribution in [2.75, 3.05) is 46.9 Å². The van der Waals surface area contributed by atoms with Crippen molar-refractivity contribution in [3.8, 4) is 11.5 Å². The van der Waals surface area contributed by atoms with Gasteiger partial charge in [-0.3, -0.25) is 5.41 Å². The molecule has 1 aromatic rings. The number of amidine groups is 1. The molecule has 9 heteroatoms. The average Bonchev–Trinajstić information content (AvgIpc) is 2.75. The minimum Gasteiger partial charge on any atom is -0.495 e. The second kappa shape index (κ2) is 12.1. The first-order valence-electron chi connectivity index (χ1n) is 9.93. The van der Waals surface area contributed by atoms with Gasteiger partial charge in [-0.2, -0.15) is 0 Å². The van der Waals surface area contributed by atoms with E-state index < -0.39 is 0 Å². The summed E-state index contributed by atoms with van der Waals surface area (Å²) in [6.45, 7) is 5.23. The van der Waals surface area contributed by atoms with Crippen molar-refractivity contribution in [1.29, 1.82) is 5.41 Å². The van der Waals surface area contributed by atoms with Gasteiger partial charge in [-0.25, -0.2) is 0 Å². The molecule has 0 radical (unpaired) electrons. The normalized spacial score (nSPS) is 15.9. The number of unbranched alkanes of at least 4 members (excludes halogenated alkanes) is 1. The fraction of sp³-hybridized carbons (Fsp3) is 0.476. The maximum absolute atomic E-state index is 7.78. The van der Waals surface area contributed by atoms with Crippen LogP contribution < -0.4 is 26.3 Å². The number of nitrogens with one attached hydrogen (secondary N) is 2. The number of nitrogens with zero attached hydrogens (tertiary/aromatic N) is 1. The highest BCUT2D eigenvalue weighted by Crippen LogP contribution is 2.45. The molecule has 1 fully saturated rings. The molecule has 166 valence electrons. The Hall–Kier alpha value is -1.93. The van der Waals surface area contributed by atoms with Crippen molar-refractivity contribution >= 4 is 34.6 Å². The number of rotatable bonds is 10. The van der Waals surface area contributed by atoms with Crippen molar-refractivity contribution in [1.82, 2.24) is 10.2 Å². The number of nitrogens with two attached hydrogens (primary N) is 2. The lowest BCUT2D eigenvalue weighted by Crippen LogP contribution is -2.43. The van der Waals surface area contributed by atoms with Gasteiger partial charge in [0.1, 0.15) is 17.3 Å². The number of hydrogen-bond acceptors (Lipinski definition) is 6. The molecule has 30 heavy (non-hydrogen) atoms. The van der Waals surface area contributed by atoms with E-state index in [1.54, 1.807) is 12.1 Å². The van der Waals surface area contributed by atoms with Gasteiger partial charge in [0.2, 0.25) is 0 Å². The van der Waals surface area contributed by atoms with Crippen LogP contribution in [0.5, 0.6) is 11.5 Å². The maximum Gasteiger partial charge on any atom is 0.141 e. The first-order chi connectivity index (χ1) is 14.4. The van der Waals surface area contributed by atoms with Gasteiger partial charge < -0.3 is 31.2 Å². The van der Waals surface area contributed by atoms with Crippen LogP contribution in [0.2, 0.25) is 10.0 Å². The van der Waals surface area contributed by atoms with Crippen LogP contribution in [0.1, 0.15) is 24.8 Å². The molecule has 0 amide bonds. The number of allylic oxidation sites excluding steroid dienone is 1. The molecule has 0 spiro atoms. The Kier molecular flexibility index (Phi) is 9.78. The smallest absolute Gasteiger partial charge is 0.141 e. The maximum atomic E-state index is 7.78. The van der Waals surface area contributed by atoms with Crippen molar-refractivity contribution in [3.05, 3.63) is 39.5 Å². The Bertz CT molecular complexity index is 777. The zero-order valence-electron chi connectivity index (χ0n) is 17.6. The predicted molar refractivity (Wildman–Crippen MR) is 125 cm³/mol. The molecule has 1 aromatic carbocycles. The number of hydrogen-bond donors (Lipinski definition) is 4. The Morgan fingerprint density at radius 2 is 1.77 bits per heavy atom. The van der Waals surface area contributed by atoms with Gasteiger partial charge in [0, 0.05) is 49.6 Å². The summed E-state index contributed by atoms with van der Waals surface area (Å²) in [6.07, 6.45) is 5.70. The number of benzene rings is 1. The molecular weight excluding hydrogens is 425 g/mol. The van der Waals surface area contributed by atoms with Crippen LogP contribution in [0.25, 0.3) is 5.57 Å². The molecule has 0 atom stereocenters. The van der Waals surface area contributed by atoms with E-state index in [9.17, 15) is 0 Å². The van der Waals surface area contributed by atoms with E-state index in [2.05, 4.69) is 10.2 Å². The van der Waals surface area contributed by atoms with Crippen molar-refractivity contribution in [2.24, 2.45) is 11.5 Å². The summed E-state index contributed by atoms with van der Waals surface area (Å²) >= 11 is 13.2. The highest BCUT2D eigenvalue weighted by Gasteiger charge is 2.21. The largest absolute Gasteiger partial charge is 0.495 e. The van der Waals surface area contributed by atoms with E-state index in [4.69, 9.17) is 49.6 Å². The lowest BCUT2D eigenvalue weighted by molar-refractivity contribution is 0.237. The van der Waals surface area contributed by atoms with Gasteiger partial charge >= 0.3 is 0 Å². The number of methoxy groups -OCH3 is 2. The molecule has 1 saturated heterocycles. The summed E-state index contributed by atoms with van der Waals surface area (Å²) < 4.78 is 10.8. The van der Waals surface area contributed by atoms with Crippen molar-refractivity contribution in [2.45, 2.75) is 19.3 Å². The van der Waals surface area contributed by atoms with Gasteiger partial charge in [0.05, 0.1) is 24.3 Å². The van der Waals surface area contributed by atoms with Crippen LogP contribution in [-0.4, -0.2) is 57.7 Å². The SMILES string of the molecule is COc1cc(OC)c(Cl)c(/C(=C/C(=C/N)C(=N)N)CCCCN2CCNCC2)c1Cl. The zero-order chi connectivity index (χ0) is 22.1. The Morgan fingerprint density at radius 3 is 2.27 bits per heavy atom. The third-order valence-electron chi connectivity index (χ3n) is 5.10. The lowest BCUT2D eigenvalue weighted by atomic mass is 9.96. The minimum absolute atomic E-state index is 0.127. The third-order valence-corrected chi connectivity index (χ3v) is 5.85. The summed E-state index contributed by atoms with van der Waals surface area (Å²) in [6, 6.07) is 1.65. The molecule has 1 aliphatic rings. The molecule has 0 bridgehead atoms. The van der Waals surface area contributed by atoms with E-state index in [0.717, 1.165) is 51.1 Å². The molecule has 2 rings (SSSR count). The van der Waals surface area contributed by atoms with E-state index in [0.29, 0.717) is 39.1 Å². The van der Waals surface area contributed by atoms with E-state index in [1.165, 1.54) is 20.4 Å². The Balaban J connectivity index is 2.32. The Labute approximate surface area is 188 Å². The van der Waals surface area contributed by atoms with Crippen LogP contribution in [0.4, 0.5) is 0 Å². The first-order valence-corrected chi connectivity index (χ1v) is 10.7. The standard InChI is InChI=1S/C21H31Cl2N5O2/c1-29-16-12-17(30-2)20(23)18(19(16)22)14(11-15(13-24)21(25)26)5-3-4-8-28-9-6-27-7-10-28/h11-13,27H,3-10,24H2,1-2H3,(H3,25,26)/b14-11+,15-13-. The summed E-state index contributed by atoms with van der Waals surface area (Å²) in [7, 11) is 3.08. The molecule has 0 aliphatic carbocycles. The van der Waals surface area contributed by atoms with Gasteiger partial charge in [0.15, 0.2) is 0 Å². The van der Waals surface area contributed by atoms with Gasteiger partial charge in [0.25, 0.3) is 0 Å². The number of piperazine rings is 1. The van der Waals surface area contributed by atoms with Crippen LogP contribution in [0.3, 0.4) is 0 Å². The van der Waals surface area contributed by atoms with E-state index >= 15 is 0 Å². The molecule has 0 unspecified atom stereocenters. The average molecular weight is 456 g/mol. The van der Waals surface area contributed by atoms with Crippen LogP contribution in [-0.2, 0) is 0 Å². The number of halogens is 2. The third kappa shape index (κ3) is 6.28. The lowest BCUT2D eigenvalue weighted by Gasteiger charge is -2.27. The Morgan fingerprint density at radius 1 is 1.17 bits per heavy atom. The molecule has 1 aliphatic heterocycles. The fourth-order valence-electron chi connectivity index (χ4n) is 3.43. The van der Waals surface area contributed by atoms with Crippen LogP contribution in [0.15, 0.2) is 23.9 Å². The van der Waals surface area contributed by atoms with Crippen molar-refractivity contribution < 1.29 is 9.47 Å². The van der Waals surface area contributed by atoms with Gasteiger partial charge in [-0.05, 0) is 37.5 Å². The second-order valence-corrected chi connectivity index (χ2v) is 7.79.